The number of halogens is 1. The fraction of sp³-hybridized carbons (Fsp3) is 0.318. The van der Waals surface area contributed by atoms with E-state index in [1.54, 1.807) is 0 Å². The summed E-state index contributed by atoms with van der Waals surface area (Å²) in [5, 5.41) is 12.9. The van der Waals surface area contributed by atoms with Gasteiger partial charge >= 0.3 is 0 Å². The molecule has 0 aromatic heterocycles. The zero-order chi connectivity index (χ0) is 18.6. The molecule has 140 valence electrons. The predicted octanol–water partition coefficient (Wildman–Crippen LogP) is 4.13. The van der Waals surface area contributed by atoms with Crippen molar-refractivity contribution in [3.05, 3.63) is 68.9 Å². The van der Waals surface area contributed by atoms with Gasteiger partial charge in [0, 0.05) is 34.3 Å². The standard InChI is InChI=1S/C22H24IN3O/c23-19-6-5-17-11-24-12-18(22(17)10-19)13-25-20-7-3-16(4-8-20)14-26-9-1-2-21(26)15-27/h3-8,10-11,13,21,25,27H,1-2,9,12,14-15H2/t21-/m0/s1. The first-order valence-corrected chi connectivity index (χ1v) is 10.5. The number of nitrogens with one attached hydrogen (secondary N) is 1. The smallest absolute Gasteiger partial charge is 0.0660 e. The number of likely N-dealkylation sites (tertiary alicyclic amines) is 1. The molecule has 1 fully saturated rings. The van der Waals surface area contributed by atoms with Gasteiger partial charge in [0.05, 0.1) is 13.2 Å². The number of anilines is 1. The molecular formula is C22H24IN3O. The fourth-order valence-electron chi connectivity index (χ4n) is 3.79. The van der Waals surface area contributed by atoms with Gasteiger partial charge in [-0.05, 0) is 88.5 Å². The minimum Gasteiger partial charge on any atom is -0.395 e. The van der Waals surface area contributed by atoms with Gasteiger partial charge in [-0.25, -0.2) is 0 Å². The Balaban J connectivity index is 1.43. The zero-order valence-electron chi connectivity index (χ0n) is 15.2. The molecular weight excluding hydrogens is 449 g/mol. The molecule has 1 atom stereocenters. The minimum atomic E-state index is 0.260. The first kappa shape index (κ1) is 18.7. The van der Waals surface area contributed by atoms with Gasteiger partial charge in [-0.15, -0.1) is 0 Å². The molecule has 4 nitrogen and oxygen atoms in total. The van der Waals surface area contributed by atoms with Crippen molar-refractivity contribution in [1.29, 1.82) is 0 Å². The third kappa shape index (κ3) is 4.42. The average molecular weight is 473 g/mol. The van der Waals surface area contributed by atoms with Crippen LogP contribution in [-0.4, -0.2) is 42.0 Å². The number of fused-ring (bicyclic) bond motifs is 1. The number of nitrogens with zero attached hydrogens (tertiary/aromatic N) is 2. The SMILES string of the molecule is OC[C@@H]1CCCN1Cc1ccc(NC=C2CN=Cc3ccc(I)cc32)cc1. The molecule has 2 aliphatic heterocycles. The van der Waals surface area contributed by atoms with Crippen molar-refractivity contribution >= 4 is 40.1 Å². The highest BCUT2D eigenvalue weighted by Crippen LogP contribution is 2.25. The van der Waals surface area contributed by atoms with Crippen LogP contribution >= 0.6 is 22.6 Å². The molecule has 2 aromatic rings. The summed E-state index contributed by atoms with van der Waals surface area (Å²) in [5.74, 6) is 0. The maximum Gasteiger partial charge on any atom is 0.0660 e. The van der Waals surface area contributed by atoms with Crippen LogP contribution in [-0.2, 0) is 6.54 Å². The highest BCUT2D eigenvalue weighted by molar-refractivity contribution is 14.1. The van der Waals surface area contributed by atoms with Crippen molar-refractivity contribution in [2.45, 2.75) is 25.4 Å². The van der Waals surface area contributed by atoms with Crippen LogP contribution in [0.4, 0.5) is 5.69 Å². The van der Waals surface area contributed by atoms with E-state index in [2.05, 4.69) is 86.5 Å². The molecule has 0 amide bonds. The monoisotopic (exact) mass is 473 g/mol. The Morgan fingerprint density at radius 2 is 2.07 bits per heavy atom. The van der Waals surface area contributed by atoms with Crippen LogP contribution in [0.5, 0.6) is 0 Å². The Labute approximate surface area is 174 Å². The number of aliphatic hydroxyl groups excluding tert-OH is 1. The first-order chi connectivity index (χ1) is 13.2. The van der Waals surface area contributed by atoms with E-state index >= 15 is 0 Å². The first-order valence-electron chi connectivity index (χ1n) is 9.42. The van der Waals surface area contributed by atoms with E-state index in [4.69, 9.17) is 0 Å². The molecule has 0 bridgehead atoms. The third-order valence-electron chi connectivity index (χ3n) is 5.32. The molecule has 2 aromatic carbocycles. The van der Waals surface area contributed by atoms with Crippen LogP contribution in [0.2, 0.25) is 0 Å². The normalized spacial score (nSPS) is 20.8. The average Bonchev–Trinajstić information content (AvgIpc) is 3.14. The Morgan fingerprint density at radius 1 is 1.22 bits per heavy atom. The van der Waals surface area contributed by atoms with Gasteiger partial charge in [0.2, 0.25) is 0 Å². The topological polar surface area (TPSA) is 47.9 Å². The summed E-state index contributed by atoms with van der Waals surface area (Å²) in [7, 11) is 0. The molecule has 2 aliphatic rings. The van der Waals surface area contributed by atoms with Gasteiger partial charge in [0.25, 0.3) is 0 Å². The molecule has 0 spiro atoms. The highest BCUT2D eigenvalue weighted by atomic mass is 127. The molecule has 0 radical (unpaired) electrons. The van der Waals surface area contributed by atoms with E-state index in [0.717, 1.165) is 25.2 Å². The molecule has 2 N–H and O–H groups in total. The van der Waals surface area contributed by atoms with Crippen LogP contribution in [0.3, 0.4) is 0 Å². The number of hydrogen-bond donors (Lipinski definition) is 2. The third-order valence-corrected chi connectivity index (χ3v) is 5.99. The summed E-state index contributed by atoms with van der Waals surface area (Å²) in [4.78, 5) is 6.84. The summed E-state index contributed by atoms with van der Waals surface area (Å²) < 4.78 is 1.24. The Hall–Kier alpha value is -1.70. The highest BCUT2D eigenvalue weighted by Gasteiger charge is 2.23. The van der Waals surface area contributed by atoms with Gasteiger partial charge in [0.15, 0.2) is 0 Å². The van der Waals surface area contributed by atoms with Crippen molar-refractivity contribution in [2.24, 2.45) is 4.99 Å². The molecule has 0 saturated carbocycles. The van der Waals surface area contributed by atoms with Gasteiger partial charge in [0.1, 0.15) is 0 Å². The summed E-state index contributed by atoms with van der Waals surface area (Å²) >= 11 is 2.35. The lowest BCUT2D eigenvalue weighted by Gasteiger charge is -2.22. The van der Waals surface area contributed by atoms with Crippen LogP contribution < -0.4 is 5.32 Å². The molecule has 4 rings (SSSR count). The second kappa shape index (κ2) is 8.54. The summed E-state index contributed by atoms with van der Waals surface area (Å²) in [5.41, 5.74) is 6.00. The lowest BCUT2D eigenvalue weighted by Crippen LogP contribution is -2.31. The lowest BCUT2D eigenvalue weighted by atomic mass is 9.99. The summed E-state index contributed by atoms with van der Waals surface area (Å²) in [6, 6.07) is 15.4. The second-order valence-corrected chi connectivity index (χ2v) is 8.41. The Bertz CT molecular complexity index is 860. The van der Waals surface area contributed by atoms with E-state index in [9.17, 15) is 5.11 Å². The van der Waals surface area contributed by atoms with Crippen LogP contribution in [0.1, 0.15) is 29.5 Å². The molecule has 2 heterocycles. The number of benzene rings is 2. The molecule has 0 unspecified atom stereocenters. The van der Waals surface area contributed by atoms with Gasteiger partial charge < -0.3 is 10.4 Å². The summed E-state index contributed by atoms with van der Waals surface area (Å²) in [6.07, 6.45) is 6.31. The van der Waals surface area contributed by atoms with Crippen molar-refractivity contribution in [1.82, 2.24) is 4.90 Å². The zero-order valence-corrected chi connectivity index (χ0v) is 17.4. The number of rotatable bonds is 5. The van der Waals surface area contributed by atoms with Crippen molar-refractivity contribution in [2.75, 3.05) is 25.0 Å². The minimum absolute atomic E-state index is 0.260. The quantitative estimate of drug-likeness (QED) is 0.643. The maximum atomic E-state index is 9.47. The number of aliphatic imine (C=N–C) groups is 1. The molecule has 0 aliphatic carbocycles. The summed E-state index contributed by atoms with van der Waals surface area (Å²) in [6.45, 7) is 2.95. The van der Waals surface area contributed by atoms with E-state index in [1.807, 2.05) is 6.21 Å². The van der Waals surface area contributed by atoms with Crippen LogP contribution in [0.15, 0.2) is 53.7 Å². The number of aliphatic hydroxyl groups is 1. The second-order valence-electron chi connectivity index (χ2n) is 7.16. The van der Waals surface area contributed by atoms with Crippen molar-refractivity contribution < 1.29 is 5.11 Å². The maximum absolute atomic E-state index is 9.47. The molecule has 1 saturated heterocycles. The fourth-order valence-corrected chi connectivity index (χ4v) is 4.28. The van der Waals surface area contributed by atoms with Crippen molar-refractivity contribution in [3.8, 4) is 0 Å². The Kier molecular flexibility index (Phi) is 5.90. The molecule has 27 heavy (non-hydrogen) atoms. The largest absolute Gasteiger partial charge is 0.395 e. The van der Waals surface area contributed by atoms with Gasteiger partial charge in [-0.1, -0.05) is 18.2 Å². The lowest BCUT2D eigenvalue weighted by molar-refractivity contribution is 0.153. The van der Waals surface area contributed by atoms with Crippen LogP contribution in [0, 0.1) is 3.57 Å². The van der Waals surface area contributed by atoms with E-state index in [0.29, 0.717) is 12.6 Å². The predicted molar refractivity (Wildman–Crippen MR) is 120 cm³/mol. The number of hydrogen-bond acceptors (Lipinski definition) is 4. The van der Waals surface area contributed by atoms with Gasteiger partial charge in [-0.2, -0.15) is 0 Å². The Morgan fingerprint density at radius 3 is 2.89 bits per heavy atom. The van der Waals surface area contributed by atoms with Crippen molar-refractivity contribution in [3.63, 3.8) is 0 Å². The van der Waals surface area contributed by atoms with E-state index in [-0.39, 0.29) is 6.61 Å². The molecule has 5 heteroatoms. The van der Waals surface area contributed by atoms with E-state index in [1.165, 1.54) is 32.3 Å². The van der Waals surface area contributed by atoms with Gasteiger partial charge in [-0.3, -0.25) is 9.89 Å². The van der Waals surface area contributed by atoms with E-state index < -0.39 is 0 Å². The van der Waals surface area contributed by atoms with Crippen LogP contribution in [0.25, 0.3) is 5.57 Å².